The molecule has 0 saturated carbocycles. The number of carbonyl (C=O) groups is 1. The summed E-state index contributed by atoms with van der Waals surface area (Å²) in [6.07, 6.45) is 0.612. The zero-order chi connectivity index (χ0) is 14.9. The van der Waals surface area contributed by atoms with Crippen LogP contribution in [0.1, 0.15) is 45.6 Å². The molecule has 0 bridgehead atoms. The van der Waals surface area contributed by atoms with Crippen molar-refractivity contribution < 1.29 is 13.9 Å². The molecule has 1 aromatic carbocycles. The molecule has 1 aliphatic rings. The Kier molecular flexibility index (Phi) is 4.02. The highest BCUT2D eigenvalue weighted by molar-refractivity contribution is 5.69. The number of hydrogen-bond acceptors (Lipinski definition) is 2. The van der Waals surface area contributed by atoms with Gasteiger partial charge in [-0.15, -0.1) is 0 Å². The van der Waals surface area contributed by atoms with Crippen LogP contribution < -0.4 is 0 Å². The Morgan fingerprint density at radius 2 is 1.90 bits per heavy atom. The molecule has 4 heteroatoms. The van der Waals surface area contributed by atoms with Crippen LogP contribution in [0.25, 0.3) is 0 Å². The van der Waals surface area contributed by atoms with Gasteiger partial charge in [0.2, 0.25) is 0 Å². The fourth-order valence-electron chi connectivity index (χ4n) is 2.67. The molecule has 1 aromatic rings. The first-order chi connectivity index (χ1) is 9.28. The number of likely N-dealkylation sites (tertiary alicyclic amines) is 1. The number of benzene rings is 1. The minimum atomic E-state index is -0.481. The Bertz CT molecular complexity index is 478. The summed E-state index contributed by atoms with van der Waals surface area (Å²) in [6.45, 7) is 8.29. The molecule has 110 valence electrons. The lowest BCUT2D eigenvalue weighted by Gasteiger charge is -2.28. The van der Waals surface area contributed by atoms with Gasteiger partial charge in [-0.1, -0.05) is 12.1 Å². The number of halogens is 1. The van der Waals surface area contributed by atoms with Crippen LogP contribution >= 0.6 is 0 Å². The third-order valence-corrected chi connectivity index (χ3v) is 3.68. The normalized spacial score (nSPS) is 22.9. The third-order valence-electron chi connectivity index (χ3n) is 3.68. The van der Waals surface area contributed by atoms with Gasteiger partial charge in [-0.3, -0.25) is 0 Å². The number of ether oxygens (including phenoxy) is 1. The van der Waals surface area contributed by atoms with Gasteiger partial charge in [0.1, 0.15) is 11.4 Å². The third kappa shape index (κ3) is 3.30. The van der Waals surface area contributed by atoms with E-state index >= 15 is 0 Å². The van der Waals surface area contributed by atoms with E-state index in [1.807, 2.05) is 27.7 Å². The van der Waals surface area contributed by atoms with E-state index in [1.165, 1.54) is 12.1 Å². The fourth-order valence-corrected chi connectivity index (χ4v) is 2.67. The number of rotatable bonds is 1. The first-order valence-electron chi connectivity index (χ1n) is 7.03. The Hall–Kier alpha value is -1.58. The predicted molar refractivity (Wildman–Crippen MR) is 76.2 cm³/mol. The summed E-state index contributed by atoms with van der Waals surface area (Å²) >= 11 is 0. The van der Waals surface area contributed by atoms with Crippen LogP contribution in [0.2, 0.25) is 0 Å². The lowest BCUT2D eigenvalue weighted by Crippen LogP contribution is -2.39. The SMILES string of the molecule is CC1C(c2ccc(F)cc2)CCN1C(=O)OC(C)(C)C. The van der Waals surface area contributed by atoms with Crippen LogP contribution in [0.4, 0.5) is 9.18 Å². The van der Waals surface area contributed by atoms with Crippen LogP contribution in [0.3, 0.4) is 0 Å². The minimum absolute atomic E-state index is 0.0651. The first kappa shape index (κ1) is 14.8. The summed E-state index contributed by atoms with van der Waals surface area (Å²) in [4.78, 5) is 13.9. The highest BCUT2D eigenvalue weighted by atomic mass is 19.1. The number of carbonyl (C=O) groups excluding carboxylic acids is 1. The number of nitrogens with zero attached hydrogens (tertiary/aromatic N) is 1. The molecule has 20 heavy (non-hydrogen) atoms. The fraction of sp³-hybridized carbons (Fsp3) is 0.562. The summed E-state index contributed by atoms with van der Waals surface area (Å²) in [6, 6.07) is 6.61. The Morgan fingerprint density at radius 1 is 1.30 bits per heavy atom. The van der Waals surface area contributed by atoms with Gasteiger partial charge in [-0.25, -0.2) is 9.18 Å². The van der Waals surface area contributed by atoms with E-state index in [1.54, 1.807) is 17.0 Å². The molecular formula is C16H22FNO2. The van der Waals surface area contributed by atoms with Gasteiger partial charge in [0.15, 0.2) is 0 Å². The second-order valence-electron chi connectivity index (χ2n) is 6.36. The van der Waals surface area contributed by atoms with Crippen LogP contribution in [0.5, 0.6) is 0 Å². The molecule has 2 atom stereocenters. The minimum Gasteiger partial charge on any atom is -0.444 e. The van der Waals surface area contributed by atoms with Crippen LogP contribution in [-0.2, 0) is 4.74 Å². The van der Waals surface area contributed by atoms with Gasteiger partial charge < -0.3 is 9.64 Å². The Morgan fingerprint density at radius 3 is 2.45 bits per heavy atom. The standard InChI is InChI=1S/C16H22FNO2/c1-11-14(12-5-7-13(17)8-6-12)9-10-18(11)15(19)20-16(2,3)4/h5-8,11,14H,9-10H2,1-4H3. The van der Waals surface area contributed by atoms with Crippen molar-refractivity contribution >= 4 is 6.09 Å². The topological polar surface area (TPSA) is 29.5 Å². The zero-order valence-corrected chi connectivity index (χ0v) is 12.5. The van der Waals surface area contributed by atoms with Crippen LogP contribution in [-0.4, -0.2) is 29.2 Å². The summed E-state index contributed by atoms with van der Waals surface area (Å²) < 4.78 is 18.4. The van der Waals surface area contributed by atoms with Crippen molar-refractivity contribution in [3.8, 4) is 0 Å². The highest BCUT2D eigenvalue weighted by Crippen LogP contribution is 2.34. The molecule has 1 amide bonds. The molecule has 1 aliphatic heterocycles. The summed E-state index contributed by atoms with van der Waals surface area (Å²) in [5, 5.41) is 0. The van der Waals surface area contributed by atoms with Gasteiger partial charge in [0.25, 0.3) is 0 Å². The van der Waals surface area contributed by atoms with Crippen LogP contribution in [0.15, 0.2) is 24.3 Å². The first-order valence-corrected chi connectivity index (χ1v) is 7.03. The summed E-state index contributed by atoms with van der Waals surface area (Å²) in [7, 11) is 0. The smallest absolute Gasteiger partial charge is 0.410 e. The summed E-state index contributed by atoms with van der Waals surface area (Å²) in [5.41, 5.74) is 0.593. The van der Waals surface area contributed by atoms with E-state index in [-0.39, 0.29) is 23.9 Å². The molecule has 1 heterocycles. The van der Waals surface area contributed by atoms with Crippen molar-refractivity contribution in [1.29, 1.82) is 0 Å². The maximum absolute atomic E-state index is 13.0. The Balaban J connectivity index is 2.07. The van der Waals surface area contributed by atoms with E-state index in [0.717, 1.165) is 12.0 Å². The van der Waals surface area contributed by atoms with Crippen molar-refractivity contribution in [2.75, 3.05) is 6.54 Å². The quantitative estimate of drug-likeness (QED) is 0.779. The van der Waals surface area contributed by atoms with Crippen molar-refractivity contribution in [3.63, 3.8) is 0 Å². The second-order valence-corrected chi connectivity index (χ2v) is 6.36. The molecule has 2 rings (SSSR count). The average Bonchev–Trinajstić information content (AvgIpc) is 2.70. The summed E-state index contributed by atoms with van der Waals surface area (Å²) in [5.74, 6) is 0.00603. The monoisotopic (exact) mass is 279 g/mol. The maximum Gasteiger partial charge on any atom is 0.410 e. The van der Waals surface area contributed by atoms with E-state index in [9.17, 15) is 9.18 Å². The highest BCUT2D eigenvalue weighted by Gasteiger charge is 2.36. The number of hydrogen-bond donors (Lipinski definition) is 0. The molecule has 0 aliphatic carbocycles. The molecular weight excluding hydrogens is 257 g/mol. The van der Waals surface area contributed by atoms with Crippen LogP contribution in [0, 0.1) is 5.82 Å². The van der Waals surface area contributed by atoms with E-state index in [4.69, 9.17) is 4.74 Å². The second kappa shape index (κ2) is 5.43. The molecule has 2 unspecified atom stereocenters. The van der Waals surface area contributed by atoms with Gasteiger partial charge in [-0.05, 0) is 51.8 Å². The lowest BCUT2D eigenvalue weighted by molar-refractivity contribution is 0.0233. The molecule has 0 radical (unpaired) electrons. The van der Waals surface area contributed by atoms with E-state index in [2.05, 4.69) is 0 Å². The molecule has 1 fully saturated rings. The largest absolute Gasteiger partial charge is 0.444 e. The van der Waals surface area contributed by atoms with Gasteiger partial charge >= 0.3 is 6.09 Å². The van der Waals surface area contributed by atoms with Crippen molar-refractivity contribution in [2.45, 2.75) is 51.7 Å². The average molecular weight is 279 g/mol. The van der Waals surface area contributed by atoms with Crippen molar-refractivity contribution in [1.82, 2.24) is 4.90 Å². The number of amides is 1. The molecule has 3 nitrogen and oxygen atoms in total. The zero-order valence-electron chi connectivity index (χ0n) is 12.5. The van der Waals surface area contributed by atoms with Gasteiger partial charge in [-0.2, -0.15) is 0 Å². The molecule has 1 saturated heterocycles. The maximum atomic E-state index is 13.0. The predicted octanol–water partition coefficient (Wildman–Crippen LogP) is 3.94. The molecule has 0 N–H and O–H groups in total. The lowest BCUT2D eigenvalue weighted by atomic mass is 9.93. The van der Waals surface area contributed by atoms with Crippen molar-refractivity contribution in [3.05, 3.63) is 35.6 Å². The van der Waals surface area contributed by atoms with E-state index in [0.29, 0.717) is 6.54 Å². The van der Waals surface area contributed by atoms with E-state index < -0.39 is 5.60 Å². The van der Waals surface area contributed by atoms with Gasteiger partial charge in [0.05, 0.1) is 0 Å². The molecule has 0 aromatic heterocycles. The van der Waals surface area contributed by atoms with Gasteiger partial charge in [0, 0.05) is 18.5 Å². The Labute approximate surface area is 119 Å². The van der Waals surface area contributed by atoms with Crippen molar-refractivity contribution in [2.24, 2.45) is 0 Å². The molecule has 0 spiro atoms.